The second-order valence-corrected chi connectivity index (χ2v) is 6.92. The highest BCUT2D eigenvalue weighted by atomic mass is 16.5. The van der Waals surface area contributed by atoms with E-state index in [1.165, 1.54) is 12.8 Å². The molecule has 1 aliphatic carbocycles. The maximum absolute atomic E-state index is 13.0. The summed E-state index contributed by atoms with van der Waals surface area (Å²) in [6.45, 7) is 3.03. The number of hydrogen-bond acceptors (Lipinski definition) is 5. The van der Waals surface area contributed by atoms with Crippen LogP contribution in [0.15, 0.2) is 44.3 Å². The molecule has 1 aliphatic rings. The molecule has 0 unspecified atom stereocenters. The Balaban J connectivity index is 1.64. The summed E-state index contributed by atoms with van der Waals surface area (Å²) >= 11 is 0. The monoisotopic (exact) mass is 383 g/mol. The SMILES string of the molecule is Cc1oc2[nH]c(=O)n(-c3ccccc3)c(=O)c2c1C(=O)NCCOCC1CC1. The maximum Gasteiger partial charge on any atom is 0.335 e. The van der Waals surface area contributed by atoms with Crippen LogP contribution in [0.5, 0.6) is 0 Å². The second-order valence-electron chi connectivity index (χ2n) is 6.92. The van der Waals surface area contributed by atoms with Gasteiger partial charge in [0.05, 0.1) is 17.9 Å². The molecule has 28 heavy (non-hydrogen) atoms. The summed E-state index contributed by atoms with van der Waals surface area (Å²) in [5.74, 6) is 0.490. The molecule has 0 bridgehead atoms. The minimum Gasteiger partial charge on any atom is -0.444 e. The van der Waals surface area contributed by atoms with Gasteiger partial charge in [-0.3, -0.25) is 14.6 Å². The fraction of sp³-hybridized carbons (Fsp3) is 0.350. The summed E-state index contributed by atoms with van der Waals surface area (Å²) in [6, 6.07) is 8.52. The number of rotatable bonds is 7. The number of furan rings is 1. The lowest BCUT2D eigenvalue weighted by atomic mass is 10.1. The van der Waals surface area contributed by atoms with Gasteiger partial charge in [0.25, 0.3) is 11.5 Å². The summed E-state index contributed by atoms with van der Waals surface area (Å²) in [4.78, 5) is 40.6. The average molecular weight is 383 g/mol. The Kier molecular flexibility index (Phi) is 4.87. The van der Waals surface area contributed by atoms with Crippen molar-refractivity contribution in [1.29, 1.82) is 0 Å². The van der Waals surface area contributed by atoms with E-state index in [0.29, 0.717) is 31.4 Å². The Morgan fingerprint density at radius 3 is 2.75 bits per heavy atom. The predicted molar refractivity (Wildman–Crippen MR) is 103 cm³/mol. The molecule has 2 heterocycles. The molecule has 2 aromatic heterocycles. The molecule has 0 radical (unpaired) electrons. The van der Waals surface area contributed by atoms with Crippen LogP contribution in [0.2, 0.25) is 0 Å². The summed E-state index contributed by atoms with van der Waals surface area (Å²) in [6.07, 6.45) is 2.41. The molecule has 2 N–H and O–H groups in total. The van der Waals surface area contributed by atoms with Crippen molar-refractivity contribution in [2.75, 3.05) is 19.8 Å². The molecule has 4 rings (SSSR count). The molecule has 1 amide bonds. The van der Waals surface area contributed by atoms with Crippen LogP contribution in [0.25, 0.3) is 16.8 Å². The number of aryl methyl sites for hydroxylation is 1. The zero-order chi connectivity index (χ0) is 19.7. The van der Waals surface area contributed by atoms with E-state index >= 15 is 0 Å². The second kappa shape index (κ2) is 7.47. The van der Waals surface area contributed by atoms with E-state index in [4.69, 9.17) is 9.15 Å². The molecular weight excluding hydrogens is 362 g/mol. The summed E-state index contributed by atoms with van der Waals surface area (Å²) in [5, 5.41) is 2.80. The Hall–Kier alpha value is -3.13. The molecule has 0 atom stereocenters. The Morgan fingerprint density at radius 1 is 1.29 bits per heavy atom. The third-order valence-corrected chi connectivity index (χ3v) is 4.75. The minimum absolute atomic E-state index is 0.00480. The zero-order valence-corrected chi connectivity index (χ0v) is 15.5. The van der Waals surface area contributed by atoms with E-state index in [2.05, 4.69) is 10.3 Å². The number of amides is 1. The van der Waals surface area contributed by atoms with Crippen LogP contribution in [-0.4, -0.2) is 35.2 Å². The van der Waals surface area contributed by atoms with Gasteiger partial charge in [0.1, 0.15) is 11.1 Å². The quantitative estimate of drug-likeness (QED) is 0.605. The first kappa shape index (κ1) is 18.2. The lowest BCUT2D eigenvalue weighted by Gasteiger charge is -2.07. The lowest BCUT2D eigenvalue weighted by molar-refractivity contribution is 0.0906. The van der Waals surface area contributed by atoms with E-state index in [1.807, 2.05) is 0 Å². The third-order valence-electron chi connectivity index (χ3n) is 4.75. The van der Waals surface area contributed by atoms with Crippen molar-refractivity contribution in [3.8, 4) is 5.69 Å². The number of hydrogen-bond donors (Lipinski definition) is 2. The van der Waals surface area contributed by atoms with Gasteiger partial charge in [-0.25, -0.2) is 9.36 Å². The molecule has 3 aromatic rings. The fourth-order valence-electron chi connectivity index (χ4n) is 3.14. The Labute approximate surface area is 160 Å². The maximum atomic E-state index is 13.0. The fourth-order valence-corrected chi connectivity index (χ4v) is 3.14. The van der Waals surface area contributed by atoms with Gasteiger partial charge >= 0.3 is 5.69 Å². The van der Waals surface area contributed by atoms with Crippen LogP contribution in [0.4, 0.5) is 0 Å². The first-order chi connectivity index (χ1) is 13.6. The van der Waals surface area contributed by atoms with Crippen molar-refractivity contribution in [3.05, 3.63) is 62.5 Å². The first-order valence-corrected chi connectivity index (χ1v) is 9.26. The number of benzene rings is 1. The van der Waals surface area contributed by atoms with Crippen molar-refractivity contribution in [2.45, 2.75) is 19.8 Å². The van der Waals surface area contributed by atoms with Gasteiger partial charge in [0.2, 0.25) is 5.71 Å². The van der Waals surface area contributed by atoms with E-state index in [-0.39, 0.29) is 22.4 Å². The largest absolute Gasteiger partial charge is 0.444 e. The van der Waals surface area contributed by atoms with E-state index in [1.54, 1.807) is 37.3 Å². The van der Waals surface area contributed by atoms with Crippen LogP contribution < -0.4 is 16.6 Å². The Bertz CT molecular complexity index is 1120. The number of fused-ring (bicyclic) bond motifs is 1. The van der Waals surface area contributed by atoms with Gasteiger partial charge in [-0.05, 0) is 37.8 Å². The number of H-pyrrole nitrogens is 1. The van der Waals surface area contributed by atoms with Gasteiger partial charge in [0, 0.05) is 13.2 Å². The van der Waals surface area contributed by atoms with Crippen LogP contribution in [0.3, 0.4) is 0 Å². The van der Waals surface area contributed by atoms with Gasteiger partial charge < -0.3 is 14.5 Å². The van der Waals surface area contributed by atoms with E-state index in [0.717, 1.165) is 4.57 Å². The smallest absolute Gasteiger partial charge is 0.335 e. The molecule has 1 fully saturated rings. The van der Waals surface area contributed by atoms with Gasteiger partial charge in [0.15, 0.2) is 0 Å². The number of nitrogens with one attached hydrogen (secondary N) is 2. The van der Waals surface area contributed by atoms with E-state index in [9.17, 15) is 14.4 Å². The van der Waals surface area contributed by atoms with Gasteiger partial charge in [-0.1, -0.05) is 18.2 Å². The van der Waals surface area contributed by atoms with Crippen molar-refractivity contribution >= 4 is 17.0 Å². The summed E-state index contributed by atoms with van der Waals surface area (Å²) < 4.78 is 12.0. The molecule has 8 nitrogen and oxygen atoms in total. The predicted octanol–water partition coefficient (Wildman–Crippen LogP) is 1.74. The highest BCUT2D eigenvalue weighted by Crippen LogP contribution is 2.28. The molecule has 1 saturated carbocycles. The molecule has 8 heteroatoms. The summed E-state index contributed by atoms with van der Waals surface area (Å²) in [7, 11) is 0. The van der Waals surface area contributed by atoms with Crippen LogP contribution in [0.1, 0.15) is 29.0 Å². The number of nitrogens with zero attached hydrogens (tertiary/aromatic N) is 1. The van der Waals surface area contributed by atoms with Crippen molar-refractivity contribution in [1.82, 2.24) is 14.9 Å². The van der Waals surface area contributed by atoms with Crippen molar-refractivity contribution < 1.29 is 13.9 Å². The molecule has 1 aromatic carbocycles. The van der Waals surface area contributed by atoms with Crippen LogP contribution >= 0.6 is 0 Å². The lowest BCUT2D eigenvalue weighted by Crippen LogP contribution is -2.35. The third kappa shape index (κ3) is 3.50. The number of ether oxygens (including phenoxy) is 1. The van der Waals surface area contributed by atoms with Crippen molar-refractivity contribution in [2.24, 2.45) is 5.92 Å². The molecule has 0 aliphatic heterocycles. The highest BCUT2D eigenvalue weighted by Gasteiger charge is 2.24. The van der Waals surface area contributed by atoms with Crippen molar-refractivity contribution in [3.63, 3.8) is 0 Å². The van der Waals surface area contributed by atoms with E-state index < -0.39 is 17.2 Å². The van der Waals surface area contributed by atoms with Crippen LogP contribution in [-0.2, 0) is 4.74 Å². The molecule has 0 saturated heterocycles. The zero-order valence-electron chi connectivity index (χ0n) is 15.5. The number of aromatic amines is 1. The Morgan fingerprint density at radius 2 is 2.04 bits per heavy atom. The highest BCUT2D eigenvalue weighted by molar-refractivity contribution is 6.06. The molecule has 146 valence electrons. The first-order valence-electron chi connectivity index (χ1n) is 9.26. The average Bonchev–Trinajstić information content (AvgIpc) is 3.43. The number of carbonyl (C=O) groups excluding carboxylic acids is 1. The van der Waals surface area contributed by atoms with Gasteiger partial charge in [-0.2, -0.15) is 0 Å². The van der Waals surface area contributed by atoms with Gasteiger partial charge in [-0.15, -0.1) is 0 Å². The number of para-hydroxylation sites is 1. The number of carbonyl (C=O) groups is 1. The number of aromatic nitrogens is 2. The topological polar surface area (TPSA) is 106 Å². The standard InChI is InChI=1S/C20H21N3O5/c1-12-15(17(24)21-9-10-27-11-13-7-8-13)16-18(28-12)22-20(26)23(19(16)25)14-5-3-2-4-6-14/h2-6,13H,7-11H2,1H3,(H,21,24)(H,22,26). The molecular formula is C20H21N3O5. The summed E-state index contributed by atoms with van der Waals surface area (Å²) in [5.41, 5.74) is -0.693. The molecule has 0 spiro atoms. The van der Waals surface area contributed by atoms with Crippen LogP contribution in [0, 0.1) is 12.8 Å². The minimum atomic E-state index is -0.627. The normalized spacial score (nSPS) is 13.8.